The van der Waals surface area contributed by atoms with Gasteiger partial charge in [0.2, 0.25) is 0 Å². The average molecular weight is 440 g/mol. The Morgan fingerprint density at radius 3 is 2.33 bits per heavy atom. The van der Waals surface area contributed by atoms with Gasteiger partial charge >= 0.3 is 0 Å². The molecule has 6 heteroatoms. The number of nitrogens with zero attached hydrogens (tertiary/aromatic N) is 1. The van der Waals surface area contributed by atoms with Crippen LogP contribution in [0.3, 0.4) is 0 Å². The van der Waals surface area contributed by atoms with Crippen LogP contribution in [0.1, 0.15) is 48.4 Å². The number of phenolic OH excluding ortho intramolecular Hbond substituents is 1. The Morgan fingerprint density at radius 2 is 1.75 bits per heavy atom. The van der Waals surface area contributed by atoms with Crippen LogP contribution in [-0.2, 0) is 0 Å². The molecule has 1 atom stereocenters. The molecule has 1 heterocycles. The Bertz CT molecular complexity index is 544. The third kappa shape index (κ3) is 4.39. The lowest BCUT2D eigenvalue weighted by atomic mass is 9.86. The molecule has 2 aliphatic rings. The molecule has 3 nitrogen and oxygen atoms in total. The Kier molecular flexibility index (Phi) is 8.84. The molecular weight excluding hydrogens is 411 g/mol. The van der Waals surface area contributed by atoms with E-state index in [1.54, 1.807) is 0 Å². The summed E-state index contributed by atoms with van der Waals surface area (Å²) >= 11 is 3.72. The van der Waals surface area contributed by atoms with Gasteiger partial charge in [-0.1, -0.05) is 28.8 Å². The maximum absolute atomic E-state index is 10.7. The molecule has 0 amide bonds. The van der Waals surface area contributed by atoms with Gasteiger partial charge in [0, 0.05) is 42.3 Å². The molecule has 0 aromatic heterocycles. The minimum Gasteiger partial charge on any atom is -0.508 e. The van der Waals surface area contributed by atoms with Gasteiger partial charge < -0.3 is 10.4 Å². The molecule has 1 aromatic rings. The molecule has 1 saturated carbocycles. The lowest BCUT2D eigenvalue weighted by molar-refractivity contribution is 0.122. The number of hydrogen-bond donors (Lipinski definition) is 2. The minimum atomic E-state index is 0. The molecule has 0 radical (unpaired) electrons. The summed E-state index contributed by atoms with van der Waals surface area (Å²) in [6.45, 7) is 8.45. The first-order valence-electron chi connectivity index (χ1n) is 8.53. The zero-order valence-electron chi connectivity index (χ0n) is 14.5. The number of halogens is 3. The molecule has 0 unspecified atom stereocenters. The van der Waals surface area contributed by atoms with Gasteiger partial charge in [0.05, 0.1) is 0 Å². The van der Waals surface area contributed by atoms with Crippen LogP contribution in [0, 0.1) is 19.8 Å². The predicted molar refractivity (Wildman–Crippen MR) is 109 cm³/mol. The van der Waals surface area contributed by atoms with Crippen LogP contribution in [0.15, 0.2) is 10.5 Å². The standard InChI is InChI=1S/C18H27BrN2O.2ClH/c1-12-11-15(22)16(13(2)17(12)19)18(14-5-3-4-6-14)21-9-7-20-8-10-21;;/h11,14,18,20,22H,3-10H2,1-2H3;2*1H/t18-;;/m0../s1. The third-order valence-electron chi connectivity index (χ3n) is 5.40. The molecule has 2 fully saturated rings. The van der Waals surface area contributed by atoms with Crippen LogP contribution in [0.4, 0.5) is 0 Å². The second-order valence-corrected chi connectivity index (χ2v) is 7.63. The highest BCUT2D eigenvalue weighted by molar-refractivity contribution is 9.10. The normalized spacial score (nSPS) is 20.3. The topological polar surface area (TPSA) is 35.5 Å². The van der Waals surface area contributed by atoms with Gasteiger partial charge in [-0.25, -0.2) is 0 Å². The number of rotatable bonds is 3. The zero-order chi connectivity index (χ0) is 15.7. The van der Waals surface area contributed by atoms with Gasteiger partial charge in [0.1, 0.15) is 5.75 Å². The van der Waals surface area contributed by atoms with E-state index in [2.05, 4.69) is 40.0 Å². The number of hydrogen-bond acceptors (Lipinski definition) is 3. The monoisotopic (exact) mass is 438 g/mol. The molecule has 1 aliphatic carbocycles. The smallest absolute Gasteiger partial charge is 0.120 e. The summed E-state index contributed by atoms with van der Waals surface area (Å²) in [5.74, 6) is 1.16. The van der Waals surface area contributed by atoms with Crippen LogP contribution in [0.2, 0.25) is 0 Å². The van der Waals surface area contributed by atoms with E-state index in [0.717, 1.165) is 41.8 Å². The molecule has 1 aliphatic heterocycles. The number of benzene rings is 1. The predicted octanol–water partition coefficient (Wildman–Crippen LogP) is 4.75. The Hall–Kier alpha value is -0.000000000000000111. The van der Waals surface area contributed by atoms with Crippen molar-refractivity contribution in [2.45, 2.75) is 45.6 Å². The summed E-state index contributed by atoms with van der Waals surface area (Å²) in [4.78, 5) is 2.59. The summed E-state index contributed by atoms with van der Waals surface area (Å²) < 4.78 is 1.15. The molecule has 138 valence electrons. The van der Waals surface area contributed by atoms with Crippen molar-refractivity contribution in [3.8, 4) is 5.75 Å². The summed E-state index contributed by atoms with van der Waals surface area (Å²) in [5, 5.41) is 14.1. The number of aryl methyl sites for hydroxylation is 1. The molecule has 1 saturated heterocycles. The number of aromatic hydroxyl groups is 1. The highest BCUT2D eigenvalue weighted by Gasteiger charge is 2.34. The van der Waals surface area contributed by atoms with Crippen molar-refractivity contribution in [3.63, 3.8) is 0 Å². The van der Waals surface area contributed by atoms with E-state index in [0.29, 0.717) is 17.7 Å². The molecule has 3 rings (SSSR count). The average Bonchev–Trinajstić information content (AvgIpc) is 3.04. The molecule has 0 spiro atoms. The van der Waals surface area contributed by atoms with E-state index >= 15 is 0 Å². The fourth-order valence-electron chi connectivity index (χ4n) is 4.28. The molecule has 2 N–H and O–H groups in total. The summed E-state index contributed by atoms with van der Waals surface area (Å²) in [6, 6.07) is 2.29. The first-order valence-corrected chi connectivity index (χ1v) is 9.32. The van der Waals surface area contributed by atoms with Gasteiger partial charge in [-0.3, -0.25) is 4.90 Å². The molecule has 24 heavy (non-hydrogen) atoms. The first-order chi connectivity index (χ1) is 10.6. The van der Waals surface area contributed by atoms with Crippen molar-refractivity contribution >= 4 is 40.7 Å². The van der Waals surface area contributed by atoms with Crippen molar-refractivity contribution in [3.05, 3.63) is 27.2 Å². The van der Waals surface area contributed by atoms with Crippen molar-refractivity contribution in [1.29, 1.82) is 0 Å². The summed E-state index contributed by atoms with van der Waals surface area (Å²) in [6.07, 6.45) is 5.25. The highest BCUT2D eigenvalue weighted by atomic mass is 79.9. The second kappa shape index (κ2) is 9.63. The van der Waals surface area contributed by atoms with Crippen LogP contribution >= 0.6 is 40.7 Å². The summed E-state index contributed by atoms with van der Waals surface area (Å²) in [5.41, 5.74) is 3.49. The summed E-state index contributed by atoms with van der Waals surface area (Å²) in [7, 11) is 0. The van der Waals surface area contributed by atoms with Crippen molar-refractivity contribution in [1.82, 2.24) is 10.2 Å². The largest absolute Gasteiger partial charge is 0.508 e. The van der Waals surface area contributed by atoms with Crippen LogP contribution in [0.25, 0.3) is 0 Å². The minimum absolute atomic E-state index is 0. The fourth-order valence-corrected chi connectivity index (χ4v) is 4.60. The Balaban J connectivity index is 0.00000144. The number of piperazine rings is 1. The van der Waals surface area contributed by atoms with E-state index in [9.17, 15) is 5.11 Å². The molecular formula is C18H29BrCl2N2O. The second-order valence-electron chi connectivity index (χ2n) is 6.84. The fraction of sp³-hybridized carbons (Fsp3) is 0.667. The van der Waals surface area contributed by atoms with Crippen molar-refractivity contribution < 1.29 is 5.11 Å². The lowest BCUT2D eigenvalue weighted by Crippen LogP contribution is -2.46. The van der Waals surface area contributed by atoms with E-state index in [4.69, 9.17) is 0 Å². The van der Waals surface area contributed by atoms with Gasteiger partial charge in [0.25, 0.3) is 0 Å². The SMILES string of the molecule is Cc1cc(O)c([C@H](C2CCCC2)N2CCNCC2)c(C)c1Br.Cl.Cl. The van der Waals surface area contributed by atoms with E-state index in [1.807, 2.05) is 6.07 Å². The molecule has 1 aromatic carbocycles. The molecule has 0 bridgehead atoms. The Morgan fingerprint density at radius 1 is 1.17 bits per heavy atom. The number of nitrogens with one attached hydrogen (secondary N) is 1. The van der Waals surface area contributed by atoms with E-state index in [-0.39, 0.29) is 24.8 Å². The van der Waals surface area contributed by atoms with Gasteiger partial charge in [-0.05, 0) is 49.8 Å². The third-order valence-corrected chi connectivity index (χ3v) is 6.62. The van der Waals surface area contributed by atoms with Crippen molar-refractivity contribution in [2.75, 3.05) is 26.2 Å². The maximum Gasteiger partial charge on any atom is 0.120 e. The highest BCUT2D eigenvalue weighted by Crippen LogP contribution is 2.45. The quantitative estimate of drug-likeness (QED) is 0.712. The van der Waals surface area contributed by atoms with Gasteiger partial charge in [-0.2, -0.15) is 0 Å². The van der Waals surface area contributed by atoms with Gasteiger partial charge in [-0.15, -0.1) is 24.8 Å². The lowest BCUT2D eigenvalue weighted by Gasteiger charge is -2.39. The van der Waals surface area contributed by atoms with E-state index in [1.165, 1.54) is 31.2 Å². The zero-order valence-corrected chi connectivity index (χ0v) is 17.7. The van der Waals surface area contributed by atoms with Crippen LogP contribution < -0.4 is 5.32 Å². The van der Waals surface area contributed by atoms with Gasteiger partial charge in [0.15, 0.2) is 0 Å². The number of phenols is 1. The Labute approximate surface area is 166 Å². The van der Waals surface area contributed by atoms with Crippen LogP contribution in [-0.4, -0.2) is 36.2 Å². The van der Waals surface area contributed by atoms with Crippen LogP contribution in [0.5, 0.6) is 5.75 Å². The van der Waals surface area contributed by atoms with Crippen molar-refractivity contribution in [2.24, 2.45) is 5.92 Å². The maximum atomic E-state index is 10.7. The van der Waals surface area contributed by atoms with E-state index < -0.39 is 0 Å². The first kappa shape index (κ1) is 22.0.